The highest BCUT2D eigenvalue weighted by atomic mass is 35.5. The van der Waals surface area contributed by atoms with E-state index in [1.807, 2.05) is 54.7 Å². The fraction of sp³-hybridized carbons (Fsp3) is 0.300. The number of aryl methyl sites for hydroxylation is 1. The van der Waals surface area contributed by atoms with Crippen LogP contribution in [0.15, 0.2) is 54.7 Å². The molecule has 0 radical (unpaired) electrons. The van der Waals surface area contributed by atoms with Crippen LogP contribution < -0.4 is 5.73 Å². The monoisotopic (exact) mass is 422 g/mol. The molecule has 0 aliphatic heterocycles. The summed E-state index contributed by atoms with van der Waals surface area (Å²) in [5.41, 5.74) is 8.93. The minimum atomic E-state index is -0.941. The fourth-order valence-corrected chi connectivity index (χ4v) is 2.85. The van der Waals surface area contributed by atoms with Crippen molar-refractivity contribution in [2.45, 2.75) is 24.9 Å². The summed E-state index contributed by atoms with van der Waals surface area (Å²) in [6.45, 7) is 0.153. The SMILES string of the molecule is Cl.NC(CO)(CO)CCc1ccc(-c2cn(Cc3ccc(Cl)cc3)nn2)cc1. The van der Waals surface area contributed by atoms with Gasteiger partial charge in [-0.05, 0) is 36.1 Å². The van der Waals surface area contributed by atoms with Crippen LogP contribution in [0.25, 0.3) is 11.3 Å². The second-order valence-corrected chi connectivity index (χ2v) is 7.24. The van der Waals surface area contributed by atoms with Gasteiger partial charge in [0, 0.05) is 10.6 Å². The highest BCUT2D eigenvalue weighted by Crippen LogP contribution is 2.19. The van der Waals surface area contributed by atoms with Crippen LogP contribution in [0, 0.1) is 0 Å². The second kappa shape index (κ2) is 10.0. The van der Waals surface area contributed by atoms with Crippen LogP contribution in [0.3, 0.4) is 0 Å². The average molecular weight is 423 g/mol. The molecule has 0 saturated carbocycles. The summed E-state index contributed by atoms with van der Waals surface area (Å²) < 4.78 is 1.79. The number of benzene rings is 2. The molecule has 0 amide bonds. The zero-order chi connectivity index (χ0) is 19.3. The first kappa shape index (κ1) is 22.3. The summed E-state index contributed by atoms with van der Waals surface area (Å²) in [4.78, 5) is 0. The van der Waals surface area contributed by atoms with Crippen molar-refractivity contribution in [1.29, 1.82) is 0 Å². The first-order chi connectivity index (χ1) is 13.0. The number of rotatable bonds is 8. The topological polar surface area (TPSA) is 97.2 Å². The van der Waals surface area contributed by atoms with Crippen LogP contribution in [0.1, 0.15) is 17.5 Å². The minimum absolute atomic E-state index is 0. The number of nitrogens with zero attached hydrogens (tertiary/aromatic N) is 3. The summed E-state index contributed by atoms with van der Waals surface area (Å²) in [7, 11) is 0. The molecule has 4 N–H and O–H groups in total. The Morgan fingerprint density at radius 1 is 0.964 bits per heavy atom. The molecular formula is C20H24Cl2N4O2. The van der Waals surface area contributed by atoms with E-state index in [0.717, 1.165) is 22.4 Å². The van der Waals surface area contributed by atoms with Crippen molar-refractivity contribution >= 4 is 24.0 Å². The molecule has 8 heteroatoms. The van der Waals surface area contributed by atoms with Crippen molar-refractivity contribution < 1.29 is 10.2 Å². The molecule has 0 saturated heterocycles. The van der Waals surface area contributed by atoms with Crippen molar-refractivity contribution in [3.05, 3.63) is 70.9 Å². The van der Waals surface area contributed by atoms with Gasteiger partial charge in [-0.3, -0.25) is 0 Å². The fourth-order valence-electron chi connectivity index (χ4n) is 2.73. The lowest BCUT2D eigenvalue weighted by Crippen LogP contribution is -2.47. The maximum atomic E-state index is 9.27. The molecule has 28 heavy (non-hydrogen) atoms. The molecule has 3 aromatic rings. The molecule has 0 spiro atoms. The number of aliphatic hydroxyl groups excluding tert-OH is 2. The smallest absolute Gasteiger partial charge is 0.113 e. The minimum Gasteiger partial charge on any atom is -0.394 e. The van der Waals surface area contributed by atoms with Crippen LogP contribution in [-0.4, -0.2) is 44.0 Å². The maximum Gasteiger partial charge on any atom is 0.113 e. The first-order valence-electron chi connectivity index (χ1n) is 8.76. The maximum absolute atomic E-state index is 9.27. The van der Waals surface area contributed by atoms with Gasteiger partial charge in [-0.15, -0.1) is 17.5 Å². The Morgan fingerprint density at radius 3 is 2.18 bits per heavy atom. The van der Waals surface area contributed by atoms with Crippen LogP contribution >= 0.6 is 24.0 Å². The van der Waals surface area contributed by atoms with E-state index in [-0.39, 0.29) is 25.6 Å². The number of hydrogen-bond donors (Lipinski definition) is 3. The molecule has 150 valence electrons. The van der Waals surface area contributed by atoms with Crippen molar-refractivity contribution in [3.63, 3.8) is 0 Å². The molecule has 0 atom stereocenters. The summed E-state index contributed by atoms with van der Waals surface area (Å²) >= 11 is 5.91. The molecule has 0 aliphatic carbocycles. The quantitative estimate of drug-likeness (QED) is 0.518. The lowest BCUT2D eigenvalue weighted by Gasteiger charge is -2.24. The molecular weight excluding hydrogens is 399 g/mol. The number of halogens is 2. The highest BCUT2D eigenvalue weighted by Gasteiger charge is 2.22. The molecule has 6 nitrogen and oxygen atoms in total. The van der Waals surface area contributed by atoms with E-state index in [2.05, 4.69) is 10.3 Å². The standard InChI is InChI=1S/C20H23ClN4O2.ClH/c21-18-7-3-16(4-8-18)11-25-12-19(23-24-25)17-5-1-15(2-6-17)9-10-20(22,13-26)14-27;/h1-8,12,26-27H,9-11,13-14,22H2;1H. The van der Waals surface area contributed by atoms with Gasteiger partial charge in [0.15, 0.2) is 0 Å². The van der Waals surface area contributed by atoms with Gasteiger partial charge < -0.3 is 15.9 Å². The van der Waals surface area contributed by atoms with Crippen molar-refractivity contribution in [3.8, 4) is 11.3 Å². The molecule has 0 aliphatic rings. The van der Waals surface area contributed by atoms with E-state index in [1.165, 1.54) is 0 Å². The van der Waals surface area contributed by atoms with Gasteiger partial charge >= 0.3 is 0 Å². The van der Waals surface area contributed by atoms with Crippen LogP contribution in [0.2, 0.25) is 5.02 Å². The third-order valence-corrected chi connectivity index (χ3v) is 4.84. The Morgan fingerprint density at radius 2 is 1.57 bits per heavy atom. The van der Waals surface area contributed by atoms with Crippen molar-refractivity contribution in [2.24, 2.45) is 5.73 Å². The van der Waals surface area contributed by atoms with E-state index in [9.17, 15) is 10.2 Å². The van der Waals surface area contributed by atoms with Gasteiger partial charge in [-0.1, -0.05) is 53.2 Å². The summed E-state index contributed by atoms with van der Waals surface area (Å²) in [5, 5.41) is 27.7. The Bertz CT molecular complexity index is 863. The molecule has 0 fully saturated rings. The van der Waals surface area contributed by atoms with Gasteiger partial charge in [-0.2, -0.15) is 0 Å². The van der Waals surface area contributed by atoms with Gasteiger partial charge in [-0.25, -0.2) is 4.68 Å². The summed E-state index contributed by atoms with van der Waals surface area (Å²) in [5.74, 6) is 0. The van der Waals surface area contributed by atoms with Gasteiger partial charge in [0.1, 0.15) is 5.69 Å². The van der Waals surface area contributed by atoms with E-state index in [4.69, 9.17) is 17.3 Å². The molecule has 1 aromatic heterocycles. The number of aromatic nitrogens is 3. The number of aliphatic hydroxyl groups is 2. The molecule has 2 aromatic carbocycles. The summed E-state index contributed by atoms with van der Waals surface area (Å²) in [6.07, 6.45) is 3.10. The van der Waals surface area contributed by atoms with E-state index < -0.39 is 5.54 Å². The van der Waals surface area contributed by atoms with Crippen LogP contribution in [0.5, 0.6) is 0 Å². The van der Waals surface area contributed by atoms with Crippen molar-refractivity contribution in [2.75, 3.05) is 13.2 Å². The molecule has 3 rings (SSSR count). The predicted octanol–water partition coefficient (Wildman–Crippen LogP) is 2.68. The Kier molecular flexibility index (Phi) is 7.98. The third kappa shape index (κ3) is 5.77. The highest BCUT2D eigenvalue weighted by molar-refractivity contribution is 6.30. The molecule has 0 bridgehead atoms. The average Bonchev–Trinajstić information content (AvgIpc) is 3.17. The van der Waals surface area contributed by atoms with Gasteiger partial charge in [0.25, 0.3) is 0 Å². The summed E-state index contributed by atoms with van der Waals surface area (Å²) in [6, 6.07) is 15.6. The largest absolute Gasteiger partial charge is 0.394 e. The van der Waals surface area contributed by atoms with E-state index in [1.54, 1.807) is 4.68 Å². The Balaban J connectivity index is 0.00000280. The first-order valence-corrected chi connectivity index (χ1v) is 9.14. The lowest BCUT2D eigenvalue weighted by molar-refractivity contribution is 0.115. The normalized spacial score (nSPS) is 11.3. The second-order valence-electron chi connectivity index (χ2n) is 6.80. The van der Waals surface area contributed by atoms with Crippen LogP contribution in [0.4, 0.5) is 0 Å². The molecule has 1 heterocycles. The lowest BCUT2D eigenvalue weighted by atomic mass is 9.93. The van der Waals surface area contributed by atoms with Crippen LogP contribution in [-0.2, 0) is 13.0 Å². The number of hydrogen-bond acceptors (Lipinski definition) is 5. The molecule has 0 unspecified atom stereocenters. The Labute approximate surface area is 175 Å². The number of nitrogens with two attached hydrogens (primary N) is 1. The Hall–Kier alpha value is -1.96. The zero-order valence-corrected chi connectivity index (χ0v) is 16.9. The van der Waals surface area contributed by atoms with Gasteiger partial charge in [0.2, 0.25) is 0 Å². The zero-order valence-electron chi connectivity index (χ0n) is 15.3. The van der Waals surface area contributed by atoms with E-state index in [0.29, 0.717) is 24.4 Å². The third-order valence-electron chi connectivity index (χ3n) is 4.59. The van der Waals surface area contributed by atoms with Crippen molar-refractivity contribution in [1.82, 2.24) is 15.0 Å². The van der Waals surface area contributed by atoms with Gasteiger partial charge in [0.05, 0.1) is 31.5 Å². The predicted molar refractivity (Wildman–Crippen MR) is 113 cm³/mol. The van der Waals surface area contributed by atoms with E-state index >= 15 is 0 Å².